The Balaban J connectivity index is 3.42. The Bertz CT molecular complexity index is 563. The van der Waals surface area contributed by atoms with Crippen LogP contribution in [0.1, 0.15) is 10.4 Å². The summed E-state index contributed by atoms with van der Waals surface area (Å²) in [5, 5.41) is -0.171. The molecule has 1 aromatic rings. The van der Waals surface area contributed by atoms with Crippen molar-refractivity contribution in [1.29, 1.82) is 0 Å². The van der Waals surface area contributed by atoms with E-state index in [0.717, 1.165) is 9.13 Å². The number of hydrogen-bond acceptors (Lipinski definition) is 5. The first-order valence-corrected chi connectivity index (χ1v) is 5.92. The minimum Gasteiger partial charge on any atom is -0.383 e. The predicted molar refractivity (Wildman–Crippen MR) is 69.1 cm³/mol. The van der Waals surface area contributed by atoms with Gasteiger partial charge in [0.1, 0.15) is 10.7 Å². The molecule has 0 aliphatic carbocycles. The van der Waals surface area contributed by atoms with Gasteiger partial charge < -0.3 is 9.47 Å². The number of carbonyl (C=O) groups excluding carboxylic acids is 1. The third-order valence-corrected chi connectivity index (χ3v) is 2.96. The lowest BCUT2D eigenvalue weighted by atomic mass is 10.3. The number of aromatic nitrogens is 2. The van der Waals surface area contributed by atoms with Crippen LogP contribution in [0.15, 0.2) is 9.59 Å². The molecule has 0 aliphatic heterocycles. The molecule has 0 N–H and O–H groups in total. The topological polar surface area (TPSA) is 79.5 Å². The third kappa shape index (κ3) is 3.31. The SMILES string of the molecule is COCCn1c(Cl)c(C=O)c(=O)n(CCOC)c1=O. The number of ether oxygens (including phenoxy) is 2. The Kier molecular flexibility index (Phi) is 5.94. The summed E-state index contributed by atoms with van der Waals surface area (Å²) in [5.41, 5.74) is -1.54. The lowest BCUT2D eigenvalue weighted by Gasteiger charge is -2.13. The summed E-state index contributed by atoms with van der Waals surface area (Å²) in [6, 6.07) is 0. The standard InChI is InChI=1S/C11H15ClN2O5/c1-18-5-3-13-9(12)8(7-15)10(16)14(11(13)17)4-6-19-2/h7H,3-6H2,1-2H3. The number of methoxy groups -OCH3 is 2. The summed E-state index contributed by atoms with van der Waals surface area (Å²) in [6.07, 6.45) is 0.344. The molecule has 0 fully saturated rings. The van der Waals surface area contributed by atoms with E-state index in [1.54, 1.807) is 0 Å². The van der Waals surface area contributed by atoms with Crippen molar-refractivity contribution in [2.24, 2.45) is 0 Å². The molecule has 7 nitrogen and oxygen atoms in total. The smallest absolute Gasteiger partial charge is 0.332 e. The second-order valence-electron chi connectivity index (χ2n) is 3.70. The van der Waals surface area contributed by atoms with Gasteiger partial charge in [-0.3, -0.25) is 18.7 Å². The number of rotatable bonds is 7. The first-order valence-electron chi connectivity index (χ1n) is 5.54. The Hall–Kier alpha value is -1.44. The molecule has 0 saturated heterocycles. The summed E-state index contributed by atoms with van der Waals surface area (Å²) in [7, 11) is 2.92. The fourth-order valence-corrected chi connectivity index (χ4v) is 1.83. The molecule has 1 heterocycles. The van der Waals surface area contributed by atoms with E-state index in [0.29, 0.717) is 6.29 Å². The van der Waals surface area contributed by atoms with Gasteiger partial charge in [-0.1, -0.05) is 11.6 Å². The fourth-order valence-electron chi connectivity index (χ4n) is 1.55. The van der Waals surface area contributed by atoms with E-state index < -0.39 is 11.2 Å². The Morgan fingerprint density at radius 3 is 2.11 bits per heavy atom. The van der Waals surface area contributed by atoms with Crippen molar-refractivity contribution in [1.82, 2.24) is 9.13 Å². The van der Waals surface area contributed by atoms with Crippen LogP contribution >= 0.6 is 11.6 Å². The molecule has 0 atom stereocenters. The van der Waals surface area contributed by atoms with E-state index in [4.69, 9.17) is 21.1 Å². The van der Waals surface area contributed by atoms with Crippen LogP contribution in [0.3, 0.4) is 0 Å². The summed E-state index contributed by atoms with van der Waals surface area (Å²) < 4.78 is 11.7. The molecular weight excluding hydrogens is 276 g/mol. The lowest BCUT2D eigenvalue weighted by molar-refractivity contribution is 0.111. The maximum atomic E-state index is 12.1. The second kappa shape index (κ2) is 7.22. The van der Waals surface area contributed by atoms with Crippen LogP contribution < -0.4 is 11.2 Å². The highest BCUT2D eigenvalue weighted by Crippen LogP contribution is 2.07. The molecule has 0 saturated carbocycles. The van der Waals surface area contributed by atoms with Gasteiger partial charge in [-0.25, -0.2) is 4.79 Å². The van der Waals surface area contributed by atoms with Gasteiger partial charge in [0.2, 0.25) is 0 Å². The van der Waals surface area contributed by atoms with Crippen molar-refractivity contribution in [3.8, 4) is 0 Å². The molecule has 0 unspecified atom stereocenters. The van der Waals surface area contributed by atoms with Crippen LogP contribution in [0.2, 0.25) is 5.15 Å². The lowest BCUT2D eigenvalue weighted by Crippen LogP contribution is -2.43. The van der Waals surface area contributed by atoms with Gasteiger partial charge >= 0.3 is 5.69 Å². The molecular formula is C11H15ClN2O5. The minimum atomic E-state index is -0.712. The molecule has 0 aromatic carbocycles. The van der Waals surface area contributed by atoms with Crippen molar-refractivity contribution < 1.29 is 14.3 Å². The van der Waals surface area contributed by atoms with E-state index in [2.05, 4.69) is 0 Å². The number of aldehydes is 1. The third-order valence-electron chi connectivity index (χ3n) is 2.55. The van der Waals surface area contributed by atoms with Gasteiger partial charge in [-0.2, -0.15) is 0 Å². The summed E-state index contributed by atoms with van der Waals surface area (Å²) in [6.45, 7) is 0.626. The molecule has 19 heavy (non-hydrogen) atoms. The van der Waals surface area contributed by atoms with Crippen LogP contribution in [-0.2, 0) is 22.6 Å². The quantitative estimate of drug-likeness (QED) is 0.512. The first-order chi connectivity index (χ1) is 9.08. The normalized spacial score (nSPS) is 10.7. The highest BCUT2D eigenvalue weighted by molar-refractivity contribution is 6.31. The zero-order valence-electron chi connectivity index (χ0n) is 10.7. The van der Waals surface area contributed by atoms with Crippen molar-refractivity contribution in [2.45, 2.75) is 13.1 Å². The van der Waals surface area contributed by atoms with Gasteiger partial charge in [0.15, 0.2) is 6.29 Å². The first kappa shape index (κ1) is 15.6. The Morgan fingerprint density at radius 2 is 1.63 bits per heavy atom. The monoisotopic (exact) mass is 290 g/mol. The van der Waals surface area contributed by atoms with Crippen LogP contribution in [0.5, 0.6) is 0 Å². The zero-order valence-corrected chi connectivity index (χ0v) is 11.5. The largest absolute Gasteiger partial charge is 0.383 e. The molecule has 0 spiro atoms. The van der Waals surface area contributed by atoms with Crippen molar-refractivity contribution in [3.63, 3.8) is 0 Å². The maximum Gasteiger partial charge on any atom is 0.332 e. The van der Waals surface area contributed by atoms with Crippen LogP contribution in [0, 0.1) is 0 Å². The molecule has 106 valence electrons. The Labute approximate surface area is 114 Å². The molecule has 1 rings (SSSR count). The maximum absolute atomic E-state index is 12.1. The molecule has 0 amide bonds. The number of carbonyl (C=O) groups is 1. The predicted octanol–water partition coefficient (Wildman–Crippen LogP) is -0.231. The van der Waals surface area contributed by atoms with Gasteiger partial charge in [0.25, 0.3) is 5.56 Å². The molecule has 0 radical (unpaired) electrons. The van der Waals surface area contributed by atoms with E-state index in [1.165, 1.54) is 14.2 Å². The number of halogens is 1. The van der Waals surface area contributed by atoms with Gasteiger partial charge in [0, 0.05) is 14.2 Å². The average molecular weight is 291 g/mol. The van der Waals surface area contributed by atoms with Crippen molar-refractivity contribution in [3.05, 3.63) is 31.6 Å². The van der Waals surface area contributed by atoms with Crippen molar-refractivity contribution in [2.75, 3.05) is 27.4 Å². The van der Waals surface area contributed by atoms with Gasteiger partial charge in [0.05, 0.1) is 26.3 Å². The molecule has 0 bridgehead atoms. The molecule has 1 aromatic heterocycles. The number of hydrogen-bond donors (Lipinski definition) is 0. The Morgan fingerprint density at radius 1 is 1.11 bits per heavy atom. The molecule has 8 heteroatoms. The second-order valence-corrected chi connectivity index (χ2v) is 4.06. The zero-order chi connectivity index (χ0) is 14.4. The van der Waals surface area contributed by atoms with E-state index >= 15 is 0 Å². The summed E-state index contributed by atoms with van der Waals surface area (Å²) in [4.78, 5) is 35.0. The van der Waals surface area contributed by atoms with E-state index in [9.17, 15) is 14.4 Å². The van der Waals surface area contributed by atoms with Crippen LogP contribution in [0.25, 0.3) is 0 Å². The van der Waals surface area contributed by atoms with E-state index in [-0.39, 0.29) is 37.0 Å². The van der Waals surface area contributed by atoms with Crippen LogP contribution in [-0.4, -0.2) is 42.9 Å². The average Bonchev–Trinajstić information content (AvgIpc) is 2.39. The van der Waals surface area contributed by atoms with Crippen molar-refractivity contribution >= 4 is 17.9 Å². The highest BCUT2D eigenvalue weighted by Gasteiger charge is 2.16. The molecule has 0 aliphatic rings. The highest BCUT2D eigenvalue weighted by atomic mass is 35.5. The van der Waals surface area contributed by atoms with Gasteiger partial charge in [-0.15, -0.1) is 0 Å². The van der Waals surface area contributed by atoms with Gasteiger partial charge in [-0.05, 0) is 0 Å². The minimum absolute atomic E-state index is 0.0547. The summed E-state index contributed by atoms with van der Waals surface area (Å²) in [5.74, 6) is 0. The summed E-state index contributed by atoms with van der Waals surface area (Å²) >= 11 is 5.89. The number of nitrogens with zero attached hydrogens (tertiary/aromatic N) is 2. The van der Waals surface area contributed by atoms with Crippen LogP contribution in [0.4, 0.5) is 0 Å². The van der Waals surface area contributed by atoms with E-state index in [1.807, 2.05) is 0 Å². The fraction of sp³-hybridized carbons (Fsp3) is 0.545.